The fourth-order valence-electron chi connectivity index (χ4n) is 1.17. The van der Waals surface area contributed by atoms with Gasteiger partial charge in [-0.1, -0.05) is 11.6 Å². The average Bonchev–Trinajstić information content (AvgIpc) is 2.61. The smallest absolute Gasteiger partial charge is 0.262 e. The minimum absolute atomic E-state index is 0.223. The van der Waals surface area contributed by atoms with Crippen LogP contribution < -0.4 is 5.32 Å². The lowest BCUT2D eigenvalue weighted by Gasteiger charge is -2.22. The first kappa shape index (κ1) is 13.8. The summed E-state index contributed by atoms with van der Waals surface area (Å²) in [5.74, 6) is 0.340. The maximum absolute atomic E-state index is 11.7. The summed E-state index contributed by atoms with van der Waals surface area (Å²) >= 11 is 8.66. The van der Waals surface area contributed by atoms with Crippen LogP contribution >= 0.6 is 34.7 Å². The lowest BCUT2D eigenvalue weighted by molar-refractivity contribution is 0.0727. The summed E-state index contributed by atoms with van der Waals surface area (Å²) in [5.41, 5.74) is -0.890. The van der Waals surface area contributed by atoms with E-state index < -0.39 is 5.60 Å². The fourth-order valence-corrected chi connectivity index (χ4v) is 2.95. The number of halogens is 1. The normalized spacial score (nSPS) is 14.5. The van der Waals surface area contributed by atoms with Crippen molar-refractivity contribution in [2.24, 2.45) is 0 Å². The summed E-state index contributed by atoms with van der Waals surface area (Å²) in [6.07, 6.45) is 1.91. The van der Waals surface area contributed by atoms with Gasteiger partial charge in [0.2, 0.25) is 0 Å². The number of hydrogen-bond acceptors (Lipinski definition) is 4. The summed E-state index contributed by atoms with van der Waals surface area (Å²) in [6.45, 7) is 1.92. The van der Waals surface area contributed by atoms with E-state index in [1.807, 2.05) is 6.26 Å². The predicted octanol–water partition coefficient (Wildman–Crippen LogP) is 2.25. The van der Waals surface area contributed by atoms with Gasteiger partial charge in [0.1, 0.15) is 4.88 Å². The molecule has 0 fully saturated rings. The molecule has 3 nitrogen and oxygen atoms in total. The maximum atomic E-state index is 11.7. The second-order valence-electron chi connectivity index (χ2n) is 3.71. The van der Waals surface area contributed by atoms with Crippen LogP contribution in [-0.2, 0) is 0 Å². The van der Waals surface area contributed by atoms with Gasteiger partial charge in [0.05, 0.1) is 10.6 Å². The van der Waals surface area contributed by atoms with Gasteiger partial charge in [-0.25, -0.2) is 0 Å². The van der Waals surface area contributed by atoms with Crippen LogP contribution in [0.1, 0.15) is 16.6 Å². The minimum Gasteiger partial charge on any atom is -0.387 e. The van der Waals surface area contributed by atoms with Crippen molar-refractivity contribution in [1.82, 2.24) is 5.32 Å². The van der Waals surface area contributed by atoms with Gasteiger partial charge < -0.3 is 10.4 Å². The molecule has 0 saturated heterocycles. The largest absolute Gasteiger partial charge is 0.387 e. The molecule has 1 rings (SSSR count). The Labute approximate surface area is 108 Å². The molecule has 16 heavy (non-hydrogen) atoms. The number of hydrogen-bond donors (Lipinski definition) is 2. The topological polar surface area (TPSA) is 49.3 Å². The first-order chi connectivity index (χ1) is 7.46. The van der Waals surface area contributed by atoms with Gasteiger partial charge in [0.25, 0.3) is 5.91 Å². The van der Waals surface area contributed by atoms with E-state index in [1.165, 1.54) is 23.1 Å². The van der Waals surface area contributed by atoms with Crippen LogP contribution in [0, 0.1) is 0 Å². The average molecular weight is 280 g/mol. The number of nitrogens with one attached hydrogen (secondary N) is 1. The molecule has 1 amide bonds. The molecule has 0 radical (unpaired) electrons. The van der Waals surface area contributed by atoms with E-state index in [-0.39, 0.29) is 12.5 Å². The summed E-state index contributed by atoms with van der Waals surface area (Å²) in [7, 11) is 0. The van der Waals surface area contributed by atoms with E-state index in [0.29, 0.717) is 15.7 Å². The molecular weight excluding hydrogens is 266 g/mol. The van der Waals surface area contributed by atoms with Crippen molar-refractivity contribution in [2.45, 2.75) is 12.5 Å². The maximum Gasteiger partial charge on any atom is 0.262 e. The molecule has 0 aromatic carbocycles. The first-order valence-electron chi connectivity index (χ1n) is 4.69. The molecule has 1 aromatic heterocycles. The second kappa shape index (κ2) is 5.91. The van der Waals surface area contributed by atoms with Crippen LogP contribution in [0.3, 0.4) is 0 Å². The molecule has 1 aromatic rings. The summed E-state index contributed by atoms with van der Waals surface area (Å²) in [4.78, 5) is 12.2. The molecule has 0 aliphatic heterocycles. The molecule has 0 spiro atoms. The Hall–Kier alpha value is -0.230. The molecule has 6 heteroatoms. The van der Waals surface area contributed by atoms with Gasteiger partial charge in [0.15, 0.2) is 0 Å². The molecule has 2 N–H and O–H groups in total. The second-order valence-corrected chi connectivity index (χ2v) is 5.90. The van der Waals surface area contributed by atoms with Crippen molar-refractivity contribution in [2.75, 3.05) is 18.6 Å². The van der Waals surface area contributed by atoms with Crippen LogP contribution in [0.4, 0.5) is 0 Å². The Kier molecular flexibility index (Phi) is 5.11. The van der Waals surface area contributed by atoms with Crippen LogP contribution in [0.2, 0.25) is 5.02 Å². The number of carbonyl (C=O) groups is 1. The fraction of sp³-hybridized carbons (Fsp3) is 0.500. The zero-order chi connectivity index (χ0) is 12.2. The highest BCUT2D eigenvalue weighted by molar-refractivity contribution is 7.98. The quantitative estimate of drug-likeness (QED) is 0.869. The van der Waals surface area contributed by atoms with E-state index in [0.717, 1.165) is 0 Å². The molecule has 0 saturated carbocycles. The number of thiophene rings is 1. The van der Waals surface area contributed by atoms with Crippen LogP contribution in [0.25, 0.3) is 0 Å². The lowest BCUT2D eigenvalue weighted by atomic mass is 10.1. The highest BCUT2D eigenvalue weighted by Crippen LogP contribution is 2.21. The van der Waals surface area contributed by atoms with Crippen molar-refractivity contribution in [1.29, 1.82) is 0 Å². The van der Waals surface area contributed by atoms with Gasteiger partial charge >= 0.3 is 0 Å². The highest BCUT2D eigenvalue weighted by atomic mass is 35.5. The molecule has 0 aliphatic carbocycles. The highest BCUT2D eigenvalue weighted by Gasteiger charge is 2.21. The first-order valence-corrected chi connectivity index (χ1v) is 7.34. The molecule has 0 bridgehead atoms. The summed E-state index contributed by atoms with van der Waals surface area (Å²) < 4.78 is 0. The minimum atomic E-state index is -0.890. The van der Waals surface area contributed by atoms with Gasteiger partial charge in [-0.15, -0.1) is 11.3 Å². The van der Waals surface area contributed by atoms with E-state index >= 15 is 0 Å². The van der Waals surface area contributed by atoms with Gasteiger partial charge in [-0.2, -0.15) is 11.8 Å². The Morgan fingerprint density at radius 3 is 2.94 bits per heavy atom. The van der Waals surface area contributed by atoms with E-state index in [2.05, 4.69) is 5.32 Å². The molecule has 90 valence electrons. The van der Waals surface area contributed by atoms with Crippen LogP contribution in [0.15, 0.2) is 11.4 Å². The SMILES string of the molecule is CSCC(C)(O)CNC(=O)c1sccc1Cl. The summed E-state index contributed by atoms with van der Waals surface area (Å²) in [6, 6.07) is 1.68. The number of carbonyl (C=O) groups excluding carboxylic acids is 1. The van der Waals surface area contributed by atoms with E-state index in [4.69, 9.17) is 11.6 Å². The zero-order valence-corrected chi connectivity index (χ0v) is 11.5. The third kappa shape index (κ3) is 3.97. The van der Waals surface area contributed by atoms with E-state index in [9.17, 15) is 9.90 Å². The van der Waals surface area contributed by atoms with Crippen molar-refractivity contribution in [3.63, 3.8) is 0 Å². The molecule has 1 atom stereocenters. The third-order valence-electron chi connectivity index (χ3n) is 1.91. The number of aliphatic hydroxyl groups is 1. The monoisotopic (exact) mass is 279 g/mol. The standard InChI is InChI=1S/C10H14ClNO2S2/c1-10(14,6-15-2)5-12-9(13)8-7(11)3-4-16-8/h3-4,14H,5-6H2,1-2H3,(H,12,13). The number of rotatable bonds is 5. The zero-order valence-electron chi connectivity index (χ0n) is 9.12. The Bertz CT molecular complexity index is 365. The Morgan fingerprint density at radius 1 is 1.75 bits per heavy atom. The van der Waals surface area contributed by atoms with Gasteiger partial charge in [0, 0.05) is 12.3 Å². The third-order valence-corrected chi connectivity index (χ3v) is 4.16. The number of thioether (sulfide) groups is 1. The van der Waals surface area contributed by atoms with Gasteiger partial charge in [-0.05, 0) is 24.6 Å². The van der Waals surface area contributed by atoms with Crippen LogP contribution in [0.5, 0.6) is 0 Å². The molecular formula is C10H14ClNO2S2. The molecule has 1 unspecified atom stereocenters. The van der Waals surface area contributed by atoms with E-state index in [1.54, 1.807) is 18.4 Å². The van der Waals surface area contributed by atoms with Crippen LogP contribution in [-0.4, -0.2) is 35.2 Å². The van der Waals surface area contributed by atoms with Crippen molar-refractivity contribution >= 4 is 40.6 Å². The Morgan fingerprint density at radius 2 is 2.44 bits per heavy atom. The lowest BCUT2D eigenvalue weighted by Crippen LogP contribution is -2.42. The Balaban J connectivity index is 2.51. The van der Waals surface area contributed by atoms with Crippen molar-refractivity contribution in [3.8, 4) is 0 Å². The summed E-state index contributed by atoms with van der Waals surface area (Å²) in [5, 5.41) is 14.8. The number of amides is 1. The predicted molar refractivity (Wildman–Crippen MR) is 70.7 cm³/mol. The van der Waals surface area contributed by atoms with Crippen molar-refractivity contribution < 1.29 is 9.90 Å². The van der Waals surface area contributed by atoms with Crippen molar-refractivity contribution in [3.05, 3.63) is 21.3 Å². The molecule has 0 aliphatic rings. The van der Waals surface area contributed by atoms with Gasteiger partial charge in [-0.3, -0.25) is 4.79 Å². The molecule has 1 heterocycles.